The minimum Gasteiger partial charge on any atom is -0.497 e. The fourth-order valence-corrected chi connectivity index (χ4v) is 3.93. The molecule has 1 aliphatic heterocycles. The molecule has 1 aromatic heterocycles. The molecule has 4 rings (SSSR count). The van der Waals surface area contributed by atoms with Crippen molar-refractivity contribution in [1.29, 1.82) is 0 Å². The summed E-state index contributed by atoms with van der Waals surface area (Å²) < 4.78 is 11.9. The number of ether oxygens (including phenoxy) is 2. The number of hydrogen-bond donors (Lipinski definition) is 0. The summed E-state index contributed by atoms with van der Waals surface area (Å²) >= 11 is 1.68. The number of aromatic nitrogens is 1. The Morgan fingerprint density at radius 1 is 1.19 bits per heavy atom. The Bertz CT molecular complexity index is 868. The van der Waals surface area contributed by atoms with Gasteiger partial charge in [0.1, 0.15) is 11.9 Å². The number of methoxy groups -OCH3 is 1. The molecule has 0 unspecified atom stereocenters. The molecule has 0 atom stereocenters. The van der Waals surface area contributed by atoms with Crippen LogP contribution in [0.2, 0.25) is 0 Å². The number of nitrogens with zero attached hydrogens (tertiary/aromatic N) is 2. The van der Waals surface area contributed by atoms with Gasteiger partial charge in [0.2, 0.25) is 0 Å². The SMILES string of the molecule is COc1ccc(CCC(=O)OC2CN(c3nc4ccccc4s3)C2)cc1. The van der Waals surface area contributed by atoms with E-state index in [-0.39, 0.29) is 12.1 Å². The normalized spacial score (nSPS) is 14.3. The molecule has 0 radical (unpaired) electrons. The summed E-state index contributed by atoms with van der Waals surface area (Å²) in [5, 5.41) is 0.997. The van der Waals surface area contributed by atoms with Crippen LogP contribution < -0.4 is 9.64 Å². The number of esters is 1. The van der Waals surface area contributed by atoms with E-state index in [4.69, 9.17) is 9.47 Å². The first kappa shape index (κ1) is 16.8. The van der Waals surface area contributed by atoms with Crippen molar-refractivity contribution in [3.05, 3.63) is 54.1 Å². The topological polar surface area (TPSA) is 51.7 Å². The molecule has 2 heterocycles. The maximum absolute atomic E-state index is 12.0. The third kappa shape index (κ3) is 3.65. The molecule has 0 saturated carbocycles. The second-order valence-corrected chi connectivity index (χ2v) is 7.34. The minimum atomic E-state index is -0.144. The van der Waals surface area contributed by atoms with Crippen LogP contribution in [0.25, 0.3) is 10.2 Å². The van der Waals surface area contributed by atoms with E-state index in [1.807, 2.05) is 42.5 Å². The summed E-state index contributed by atoms with van der Waals surface area (Å²) in [6.07, 6.45) is 1.03. The average molecular weight is 368 g/mol. The molecule has 2 aromatic carbocycles. The highest BCUT2D eigenvalue weighted by atomic mass is 32.1. The number of benzene rings is 2. The molecule has 1 fully saturated rings. The minimum absolute atomic E-state index is 0.0367. The molecular weight excluding hydrogens is 348 g/mol. The summed E-state index contributed by atoms with van der Waals surface area (Å²) in [6, 6.07) is 15.9. The average Bonchev–Trinajstić information content (AvgIpc) is 3.06. The zero-order valence-electron chi connectivity index (χ0n) is 14.6. The fourth-order valence-electron chi connectivity index (χ4n) is 2.95. The number of anilines is 1. The lowest BCUT2D eigenvalue weighted by Gasteiger charge is -2.38. The molecule has 0 N–H and O–H groups in total. The largest absolute Gasteiger partial charge is 0.497 e. The van der Waals surface area contributed by atoms with Crippen LogP contribution in [-0.4, -0.2) is 37.3 Å². The Balaban J connectivity index is 1.23. The number of rotatable bonds is 6. The molecule has 0 amide bonds. The van der Waals surface area contributed by atoms with Crippen LogP contribution in [0.3, 0.4) is 0 Å². The van der Waals surface area contributed by atoms with Crippen molar-refractivity contribution in [3.8, 4) is 5.75 Å². The summed E-state index contributed by atoms with van der Waals surface area (Å²) in [5.41, 5.74) is 2.12. The van der Waals surface area contributed by atoms with Crippen LogP contribution in [0, 0.1) is 0 Å². The van der Waals surface area contributed by atoms with Gasteiger partial charge in [-0.2, -0.15) is 0 Å². The van der Waals surface area contributed by atoms with Gasteiger partial charge in [-0.3, -0.25) is 4.79 Å². The Labute approximate surface area is 156 Å². The zero-order valence-corrected chi connectivity index (χ0v) is 15.4. The number of aryl methyl sites for hydroxylation is 1. The van der Waals surface area contributed by atoms with Crippen LogP contribution >= 0.6 is 11.3 Å². The van der Waals surface area contributed by atoms with Gasteiger partial charge in [-0.1, -0.05) is 35.6 Å². The van der Waals surface area contributed by atoms with E-state index >= 15 is 0 Å². The molecule has 1 saturated heterocycles. The van der Waals surface area contributed by atoms with Crippen molar-refractivity contribution in [2.24, 2.45) is 0 Å². The van der Waals surface area contributed by atoms with E-state index in [9.17, 15) is 4.79 Å². The Morgan fingerprint density at radius 3 is 2.69 bits per heavy atom. The van der Waals surface area contributed by atoms with Gasteiger partial charge in [0.05, 0.1) is 30.4 Å². The van der Waals surface area contributed by atoms with Gasteiger partial charge in [0.25, 0.3) is 0 Å². The molecule has 3 aromatic rings. The Morgan fingerprint density at radius 2 is 1.96 bits per heavy atom. The maximum Gasteiger partial charge on any atom is 0.306 e. The number of para-hydroxylation sites is 1. The van der Waals surface area contributed by atoms with Crippen molar-refractivity contribution < 1.29 is 14.3 Å². The van der Waals surface area contributed by atoms with Crippen molar-refractivity contribution in [2.75, 3.05) is 25.1 Å². The number of hydrogen-bond acceptors (Lipinski definition) is 6. The summed E-state index contributed by atoms with van der Waals surface area (Å²) in [5.74, 6) is 0.676. The van der Waals surface area contributed by atoms with E-state index in [1.165, 1.54) is 4.70 Å². The van der Waals surface area contributed by atoms with E-state index in [2.05, 4.69) is 16.0 Å². The Kier molecular flexibility index (Phi) is 4.75. The van der Waals surface area contributed by atoms with E-state index in [0.29, 0.717) is 25.9 Å². The van der Waals surface area contributed by atoms with Crippen LogP contribution in [0.1, 0.15) is 12.0 Å². The zero-order chi connectivity index (χ0) is 17.9. The van der Waals surface area contributed by atoms with Crippen LogP contribution in [0.5, 0.6) is 5.75 Å². The quantitative estimate of drug-likeness (QED) is 0.622. The monoisotopic (exact) mass is 368 g/mol. The van der Waals surface area contributed by atoms with Gasteiger partial charge in [0, 0.05) is 6.42 Å². The Hall–Kier alpha value is -2.60. The molecule has 0 aliphatic carbocycles. The van der Waals surface area contributed by atoms with Crippen LogP contribution in [0.4, 0.5) is 5.13 Å². The van der Waals surface area contributed by atoms with Crippen molar-refractivity contribution >= 4 is 32.7 Å². The van der Waals surface area contributed by atoms with Gasteiger partial charge in [-0.15, -0.1) is 0 Å². The first-order chi connectivity index (χ1) is 12.7. The fraction of sp³-hybridized carbons (Fsp3) is 0.300. The van der Waals surface area contributed by atoms with E-state index in [0.717, 1.165) is 22.0 Å². The highest BCUT2D eigenvalue weighted by Gasteiger charge is 2.31. The number of carbonyl (C=O) groups excluding carboxylic acids is 1. The summed E-state index contributed by atoms with van der Waals surface area (Å²) in [4.78, 5) is 18.8. The molecule has 5 nitrogen and oxygen atoms in total. The molecule has 6 heteroatoms. The number of fused-ring (bicyclic) bond motifs is 1. The first-order valence-electron chi connectivity index (χ1n) is 8.64. The van der Waals surface area contributed by atoms with Crippen molar-refractivity contribution in [1.82, 2.24) is 4.98 Å². The van der Waals surface area contributed by atoms with Gasteiger partial charge in [-0.05, 0) is 36.2 Å². The maximum atomic E-state index is 12.0. The second kappa shape index (κ2) is 7.33. The summed E-state index contributed by atoms with van der Waals surface area (Å²) in [6.45, 7) is 1.43. The third-order valence-corrected chi connectivity index (χ3v) is 5.57. The van der Waals surface area contributed by atoms with Gasteiger partial charge >= 0.3 is 5.97 Å². The van der Waals surface area contributed by atoms with E-state index < -0.39 is 0 Å². The first-order valence-corrected chi connectivity index (χ1v) is 9.46. The molecule has 1 aliphatic rings. The second-order valence-electron chi connectivity index (χ2n) is 6.33. The molecule has 0 bridgehead atoms. The van der Waals surface area contributed by atoms with Crippen LogP contribution in [-0.2, 0) is 16.0 Å². The predicted octanol–water partition coefficient (Wildman–Crippen LogP) is 3.67. The van der Waals surface area contributed by atoms with Crippen molar-refractivity contribution in [2.45, 2.75) is 18.9 Å². The lowest BCUT2D eigenvalue weighted by atomic mass is 10.1. The molecular formula is C20H20N2O3S. The van der Waals surface area contributed by atoms with E-state index in [1.54, 1.807) is 18.4 Å². The standard InChI is InChI=1S/C20H20N2O3S/c1-24-15-9-6-14(7-10-15)8-11-19(23)25-16-12-22(13-16)20-21-17-4-2-3-5-18(17)26-20/h2-7,9-10,16H,8,11-13H2,1H3. The molecule has 134 valence electrons. The summed E-state index contributed by atoms with van der Waals surface area (Å²) in [7, 11) is 1.64. The highest BCUT2D eigenvalue weighted by molar-refractivity contribution is 7.22. The highest BCUT2D eigenvalue weighted by Crippen LogP contribution is 2.31. The van der Waals surface area contributed by atoms with Crippen molar-refractivity contribution in [3.63, 3.8) is 0 Å². The lowest BCUT2D eigenvalue weighted by Crippen LogP contribution is -2.53. The third-order valence-electron chi connectivity index (χ3n) is 4.48. The van der Waals surface area contributed by atoms with Gasteiger partial charge in [0.15, 0.2) is 5.13 Å². The van der Waals surface area contributed by atoms with Gasteiger partial charge < -0.3 is 14.4 Å². The molecule has 26 heavy (non-hydrogen) atoms. The molecule has 0 spiro atoms. The lowest BCUT2D eigenvalue weighted by molar-refractivity contribution is -0.150. The number of thiazole rings is 1. The smallest absolute Gasteiger partial charge is 0.306 e. The predicted molar refractivity (Wildman–Crippen MR) is 103 cm³/mol. The number of carbonyl (C=O) groups is 1. The van der Waals surface area contributed by atoms with Gasteiger partial charge in [-0.25, -0.2) is 4.98 Å². The van der Waals surface area contributed by atoms with Crippen LogP contribution in [0.15, 0.2) is 48.5 Å².